The van der Waals surface area contributed by atoms with E-state index in [1.807, 2.05) is 0 Å². The Morgan fingerprint density at radius 1 is 1.00 bits per heavy atom. The Hall–Kier alpha value is -0.790. The average Bonchev–Trinajstić information content (AvgIpc) is 2.37. The molecular formula is C17H32O2. The second kappa shape index (κ2) is 13.6. The van der Waals surface area contributed by atoms with Crippen molar-refractivity contribution in [2.45, 2.75) is 84.5 Å². The first kappa shape index (κ1) is 18.2. The lowest BCUT2D eigenvalue weighted by atomic mass is 9.98. The third-order valence-electron chi connectivity index (χ3n) is 3.55. The molecule has 0 amide bonds. The highest BCUT2D eigenvalue weighted by atomic mass is 16.4. The number of aliphatic carboxylic acids is 1. The molecule has 1 atom stereocenters. The summed E-state index contributed by atoms with van der Waals surface area (Å²) in [7, 11) is 0. The SMILES string of the molecule is CCCCCCC(C)CC/C=C/CCCCC(=O)O. The Kier molecular flexibility index (Phi) is 13.1. The van der Waals surface area contributed by atoms with Crippen LogP contribution in [0.4, 0.5) is 0 Å². The van der Waals surface area contributed by atoms with Crippen LogP contribution in [0.3, 0.4) is 0 Å². The van der Waals surface area contributed by atoms with Gasteiger partial charge >= 0.3 is 5.97 Å². The summed E-state index contributed by atoms with van der Waals surface area (Å²) in [5.41, 5.74) is 0. The summed E-state index contributed by atoms with van der Waals surface area (Å²) in [5, 5.41) is 8.50. The zero-order valence-corrected chi connectivity index (χ0v) is 12.9. The molecule has 0 bridgehead atoms. The lowest BCUT2D eigenvalue weighted by Crippen LogP contribution is -1.94. The molecule has 0 aliphatic heterocycles. The lowest BCUT2D eigenvalue weighted by molar-refractivity contribution is -0.137. The molecule has 0 saturated heterocycles. The molecular weight excluding hydrogens is 236 g/mol. The third kappa shape index (κ3) is 15.2. The minimum atomic E-state index is -0.680. The average molecular weight is 268 g/mol. The monoisotopic (exact) mass is 268 g/mol. The van der Waals surface area contributed by atoms with Crippen LogP contribution >= 0.6 is 0 Å². The van der Waals surface area contributed by atoms with E-state index in [1.54, 1.807) is 0 Å². The zero-order chi connectivity index (χ0) is 14.3. The summed E-state index contributed by atoms with van der Waals surface area (Å²) in [6.45, 7) is 4.61. The summed E-state index contributed by atoms with van der Waals surface area (Å²) in [4.78, 5) is 10.3. The number of carboxylic acids is 1. The number of carboxylic acid groups (broad SMARTS) is 1. The molecule has 0 fully saturated rings. The molecule has 0 aliphatic carbocycles. The first-order chi connectivity index (χ1) is 9.16. The predicted octanol–water partition coefficient (Wildman–Crippen LogP) is 5.57. The quantitative estimate of drug-likeness (QED) is 0.350. The van der Waals surface area contributed by atoms with Crippen molar-refractivity contribution in [2.75, 3.05) is 0 Å². The van der Waals surface area contributed by atoms with E-state index in [1.165, 1.54) is 44.9 Å². The highest BCUT2D eigenvalue weighted by Gasteiger charge is 2.00. The molecule has 19 heavy (non-hydrogen) atoms. The van der Waals surface area contributed by atoms with Crippen LogP contribution in [-0.4, -0.2) is 11.1 Å². The van der Waals surface area contributed by atoms with Gasteiger partial charge in [-0.2, -0.15) is 0 Å². The maximum absolute atomic E-state index is 10.3. The van der Waals surface area contributed by atoms with E-state index < -0.39 is 5.97 Å². The standard InChI is InChI=1S/C17H32O2/c1-3-4-5-10-13-16(2)14-11-8-6-7-9-12-15-17(18)19/h6,8,16H,3-5,7,9-15H2,1-2H3,(H,18,19)/b8-6+. The normalized spacial score (nSPS) is 12.9. The second-order valence-electron chi connectivity index (χ2n) is 5.64. The minimum Gasteiger partial charge on any atom is -0.481 e. The maximum Gasteiger partial charge on any atom is 0.303 e. The van der Waals surface area contributed by atoms with Crippen molar-refractivity contribution in [1.82, 2.24) is 0 Å². The van der Waals surface area contributed by atoms with Crippen LogP contribution in [0.2, 0.25) is 0 Å². The van der Waals surface area contributed by atoms with E-state index in [9.17, 15) is 4.79 Å². The van der Waals surface area contributed by atoms with Crippen LogP contribution in [0, 0.1) is 5.92 Å². The molecule has 2 nitrogen and oxygen atoms in total. The summed E-state index contributed by atoms with van der Waals surface area (Å²) in [5.74, 6) is 0.161. The van der Waals surface area contributed by atoms with Crippen molar-refractivity contribution in [3.05, 3.63) is 12.2 Å². The Bertz CT molecular complexity index is 233. The first-order valence-electron chi connectivity index (χ1n) is 8.03. The summed E-state index contributed by atoms with van der Waals surface area (Å²) in [6, 6.07) is 0. The molecule has 0 rings (SSSR count). The van der Waals surface area contributed by atoms with Crippen LogP contribution in [-0.2, 0) is 4.79 Å². The highest BCUT2D eigenvalue weighted by molar-refractivity contribution is 5.66. The van der Waals surface area contributed by atoms with Gasteiger partial charge in [-0.1, -0.05) is 58.1 Å². The van der Waals surface area contributed by atoms with Gasteiger partial charge in [0, 0.05) is 6.42 Å². The molecule has 2 heteroatoms. The Morgan fingerprint density at radius 2 is 1.74 bits per heavy atom. The molecule has 1 N–H and O–H groups in total. The summed E-state index contributed by atoms with van der Waals surface area (Å²) >= 11 is 0. The van der Waals surface area contributed by atoms with E-state index in [-0.39, 0.29) is 0 Å². The topological polar surface area (TPSA) is 37.3 Å². The van der Waals surface area contributed by atoms with Crippen molar-refractivity contribution in [3.63, 3.8) is 0 Å². The molecule has 0 aromatic rings. The largest absolute Gasteiger partial charge is 0.481 e. The fraction of sp³-hybridized carbons (Fsp3) is 0.824. The number of unbranched alkanes of at least 4 members (excludes halogenated alkanes) is 5. The fourth-order valence-electron chi connectivity index (χ4n) is 2.22. The molecule has 1 unspecified atom stereocenters. The van der Waals surface area contributed by atoms with Gasteiger partial charge < -0.3 is 5.11 Å². The second-order valence-corrected chi connectivity index (χ2v) is 5.64. The van der Waals surface area contributed by atoms with Crippen molar-refractivity contribution in [3.8, 4) is 0 Å². The van der Waals surface area contributed by atoms with Crippen molar-refractivity contribution in [2.24, 2.45) is 5.92 Å². The van der Waals surface area contributed by atoms with Crippen molar-refractivity contribution >= 4 is 5.97 Å². The van der Waals surface area contributed by atoms with E-state index in [4.69, 9.17) is 5.11 Å². The van der Waals surface area contributed by atoms with Crippen LogP contribution in [0.15, 0.2) is 12.2 Å². The zero-order valence-electron chi connectivity index (χ0n) is 12.9. The van der Waals surface area contributed by atoms with E-state index in [2.05, 4.69) is 26.0 Å². The van der Waals surface area contributed by atoms with Gasteiger partial charge in [0.05, 0.1) is 0 Å². The van der Waals surface area contributed by atoms with E-state index in [0.717, 1.165) is 25.2 Å². The Balaban J connectivity index is 3.29. The van der Waals surface area contributed by atoms with Crippen LogP contribution in [0.5, 0.6) is 0 Å². The maximum atomic E-state index is 10.3. The number of allylic oxidation sites excluding steroid dienone is 2. The molecule has 0 aromatic carbocycles. The molecule has 0 radical (unpaired) electrons. The number of rotatable bonds is 13. The van der Waals surface area contributed by atoms with Crippen molar-refractivity contribution < 1.29 is 9.90 Å². The van der Waals surface area contributed by atoms with Crippen molar-refractivity contribution in [1.29, 1.82) is 0 Å². The van der Waals surface area contributed by atoms with Gasteiger partial charge in [0.15, 0.2) is 0 Å². The van der Waals surface area contributed by atoms with E-state index >= 15 is 0 Å². The van der Waals surface area contributed by atoms with Crippen LogP contribution in [0.1, 0.15) is 84.5 Å². The highest BCUT2D eigenvalue weighted by Crippen LogP contribution is 2.15. The van der Waals surface area contributed by atoms with Gasteiger partial charge in [-0.05, 0) is 38.0 Å². The van der Waals surface area contributed by atoms with Gasteiger partial charge in [0.2, 0.25) is 0 Å². The molecule has 0 saturated carbocycles. The predicted molar refractivity (Wildman–Crippen MR) is 82.4 cm³/mol. The molecule has 112 valence electrons. The summed E-state index contributed by atoms with van der Waals surface area (Å²) < 4.78 is 0. The molecule has 0 heterocycles. The molecule has 0 aromatic heterocycles. The minimum absolute atomic E-state index is 0.308. The Labute approximate surface area is 119 Å². The smallest absolute Gasteiger partial charge is 0.303 e. The molecule has 0 aliphatic rings. The van der Waals surface area contributed by atoms with Gasteiger partial charge in [-0.3, -0.25) is 4.79 Å². The molecule has 0 spiro atoms. The van der Waals surface area contributed by atoms with E-state index in [0.29, 0.717) is 6.42 Å². The number of carbonyl (C=O) groups is 1. The van der Waals surface area contributed by atoms with Gasteiger partial charge in [-0.25, -0.2) is 0 Å². The fourth-order valence-corrected chi connectivity index (χ4v) is 2.22. The number of hydrogen-bond acceptors (Lipinski definition) is 1. The van der Waals surface area contributed by atoms with Crippen LogP contribution in [0.25, 0.3) is 0 Å². The lowest BCUT2D eigenvalue weighted by Gasteiger charge is -2.09. The third-order valence-corrected chi connectivity index (χ3v) is 3.55. The summed E-state index contributed by atoms with van der Waals surface area (Å²) in [6.07, 6.45) is 16.9. The number of hydrogen-bond donors (Lipinski definition) is 1. The van der Waals surface area contributed by atoms with Crippen LogP contribution < -0.4 is 0 Å². The van der Waals surface area contributed by atoms with Gasteiger partial charge in [-0.15, -0.1) is 0 Å². The van der Waals surface area contributed by atoms with Gasteiger partial charge in [0.25, 0.3) is 0 Å². The van der Waals surface area contributed by atoms with Gasteiger partial charge in [0.1, 0.15) is 0 Å². The first-order valence-corrected chi connectivity index (χ1v) is 8.03. The Morgan fingerprint density at radius 3 is 2.42 bits per heavy atom.